The van der Waals surface area contributed by atoms with Gasteiger partial charge in [0.05, 0.1) is 6.61 Å². The summed E-state index contributed by atoms with van der Waals surface area (Å²) < 4.78 is 0. The SMILES string of the molecule is CC(C)CSCCC(C)(CO)NC(C)C. The number of rotatable bonds is 8. The summed E-state index contributed by atoms with van der Waals surface area (Å²) in [5.74, 6) is 3.09. The molecule has 0 aliphatic carbocycles. The first kappa shape index (κ1) is 15.3. The zero-order chi connectivity index (χ0) is 11.9. The molecule has 1 unspecified atom stereocenters. The quantitative estimate of drug-likeness (QED) is 0.632. The van der Waals surface area contributed by atoms with Crippen molar-refractivity contribution in [2.45, 2.75) is 52.6 Å². The van der Waals surface area contributed by atoms with Crippen LogP contribution < -0.4 is 5.32 Å². The molecule has 0 rings (SSSR count). The summed E-state index contributed by atoms with van der Waals surface area (Å²) in [7, 11) is 0. The van der Waals surface area contributed by atoms with Crippen molar-refractivity contribution in [3.05, 3.63) is 0 Å². The van der Waals surface area contributed by atoms with Crippen LogP contribution in [0.2, 0.25) is 0 Å². The van der Waals surface area contributed by atoms with Crippen LogP contribution in [0, 0.1) is 5.92 Å². The Labute approximate surface area is 99.2 Å². The fourth-order valence-corrected chi connectivity index (χ4v) is 2.74. The lowest BCUT2D eigenvalue weighted by atomic mass is 9.99. The lowest BCUT2D eigenvalue weighted by molar-refractivity contribution is 0.162. The van der Waals surface area contributed by atoms with E-state index in [9.17, 15) is 5.11 Å². The summed E-state index contributed by atoms with van der Waals surface area (Å²) >= 11 is 1.98. The number of hydrogen-bond donors (Lipinski definition) is 2. The van der Waals surface area contributed by atoms with Gasteiger partial charge < -0.3 is 10.4 Å². The van der Waals surface area contributed by atoms with Gasteiger partial charge >= 0.3 is 0 Å². The third-order valence-electron chi connectivity index (χ3n) is 2.24. The fourth-order valence-electron chi connectivity index (χ4n) is 1.51. The highest BCUT2D eigenvalue weighted by molar-refractivity contribution is 7.99. The van der Waals surface area contributed by atoms with Gasteiger partial charge in [0, 0.05) is 11.6 Å². The number of aliphatic hydroxyl groups is 1. The first-order chi connectivity index (χ1) is 6.89. The van der Waals surface area contributed by atoms with Gasteiger partial charge in [0.1, 0.15) is 0 Å². The molecule has 0 radical (unpaired) electrons. The van der Waals surface area contributed by atoms with Gasteiger partial charge in [-0.2, -0.15) is 11.8 Å². The highest BCUT2D eigenvalue weighted by atomic mass is 32.2. The van der Waals surface area contributed by atoms with Crippen LogP contribution in [0.15, 0.2) is 0 Å². The maximum absolute atomic E-state index is 9.37. The van der Waals surface area contributed by atoms with Crippen LogP contribution >= 0.6 is 11.8 Å². The molecule has 0 saturated carbocycles. The van der Waals surface area contributed by atoms with Gasteiger partial charge in [-0.25, -0.2) is 0 Å². The van der Waals surface area contributed by atoms with Crippen molar-refractivity contribution in [2.75, 3.05) is 18.1 Å². The Morgan fingerprint density at radius 1 is 1.27 bits per heavy atom. The minimum absolute atomic E-state index is 0.113. The zero-order valence-corrected chi connectivity index (χ0v) is 11.7. The average Bonchev–Trinajstić information content (AvgIpc) is 2.11. The van der Waals surface area contributed by atoms with Crippen LogP contribution in [0.25, 0.3) is 0 Å². The zero-order valence-electron chi connectivity index (χ0n) is 10.8. The van der Waals surface area contributed by atoms with Gasteiger partial charge in [0.25, 0.3) is 0 Å². The van der Waals surface area contributed by atoms with Crippen molar-refractivity contribution in [3.8, 4) is 0 Å². The first-order valence-electron chi connectivity index (χ1n) is 5.86. The van der Waals surface area contributed by atoms with Gasteiger partial charge in [-0.15, -0.1) is 0 Å². The highest BCUT2D eigenvalue weighted by Gasteiger charge is 2.23. The molecular weight excluding hydrogens is 206 g/mol. The second kappa shape index (κ2) is 7.53. The topological polar surface area (TPSA) is 32.3 Å². The Hall–Kier alpha value is 0.270. The van der Waals surface area contributed by atoms with E-state index in [2.05, 4.69) is 39.9 Å². The molecule has 0 aliphatic heterocycles. The molecule has 0 aromatic rings. The molecular formula is C12H27NOS. The lowest BCUT2D eigenvalue weighted by Crippen LogP contribution is -2.49. The molecule has 0 aromatic heterocycles. The van der Waals surface area contributed by atoms with Gasteiger partial charge in [-0.3, -0.25) is 0 Å². The van der Waals surface area contributed by atoms with Crippen LogP contribution in [0.3, 0.4) is 0 Å². The minimum Gasteiger partial charge on any atom is -0.394 e. The summed E-state index contributed by atoms with van der Waals surface area (Å²) in [6.45, 7) is 11.0. The molecule has 0 heterocycles. The molecule has 0 aliphatic rings. The number of aliphatic hydroxyl groups excluding tert-OH is 1. The Kier molecular flexibility index (Phi) is 7.66. The standard InChI is InChI=1S/C12H27NOS/c1-10(2)8-15-7-6-12(5,9-14)13-11(3)4/h10-11,13-14H,6-9H2,1-5H3. The molecule has 2 N–H and O–H groups in total. The molecule has 1 atom stereocenters. The molecule has 0 spiro atoms. The Bertz CT molecular complexity index is 162. The third-order valence-corrected chi connectivity index (χ3v) is 3.63. The van der Waals surface area contributed by atoms with Gasteiger partial charge in [-0.05, 0) is 30.8 Å². The molecule has 0 amide bonds. The average molecular weight is 233 g/mol. The van der Waals surface area contributed by atoms with E-state index in [0.29, 0.717) is 6.04 Å². The predicted molar refractivity (Wildman–Crippen MR) is 70.5 cm³/mol. The van der Waals surface area contributed by atoms with Crippen LogP contribution in [0.5, 0.6) is 0 Å². The molecule has 0 saturated heterocycles. The van der Waals surface area contributed by atoms with E-state index in [1.165, 1.54) is 5.75 Å². The van der Waals surface area contributed by atoms with Crippen LogP contribution in [-0.2, 0) is 0 Å². The van der Waals surface area contributed by atoms with Crippen LogP contribution in [0.1, 0.15) is 41.0 Å². The van der Waals surface area contributed by atoms with Crippen molar-refractivity contribution >= 4 is 11.8 Å². The van der Waals surface area contributed by atoms with Crippen LogP contribution in [0.4, 0.5) is 0 Å². The molecule has 92 valence electrons. The summed E-state index contributed by atoms with van der Waals surface area (Å²) in [4.78, 5) is 0. The Morgan fingerprint density at radius 3 is 2.27 bits per heavy atom. The normalized spacial score (nSPS) is 16.0. The van der Waals surface area contributed by atoms with Gasteiger partial charge in [0.15, 0.2) is 0 Å². The van der Waals surface area contributed by atoms with Gasteiger partial charge in [0.2, 0.25) is 0 Å². The van der Waals surface area contributed by atoms with E-state index in [1.54, 1.807) is 0 Å². The summed E-state index contributed by atoms with van der Waals surface area (Å²) in [5.41, 5.74) is -0.113. The number of thioether (sulfide) groups is 1. The summed E-state index contributed by atoms with van der Waals surface area (Å²) in [5, 5.41) is 12.8. The van der Waals surface area contributed by atoms with Crippen molar-refractivity contribution < 1.29 is 5.11 Å². The third kappa shape index (κ3) is 8.12. The van der Waals surface area contributed by atoms with E-state index in [-0.39, 0.29) is 12.1 Å². The van der Waals surface area contributed by atoms with Crippen molar-refractivity contribution in [1.29, 1.82) is 0 Å². The van der Waals surface area contributed by atoms with Crippen molar-refractivity contribution in [1.82, 2.24) is 5.32 Å². The Morgan fingerprint density at radius 2 is 1.87 bits per heavy atom. The summed E-state index contributed by atoms with van der Waals surface area (Å²) in [6, 6.07) is 0.428. The van der Waals surface area contributed by atoms with Gasteiger partial charge in [-0.1, -0.05) is 27.7 Å². The van der Waals surface area contributed by atoms with Crippen molar-refractivity contribution in [2.24, 2.45) is 5.92 Å². The van der Waals surface area contributed by atoms with E-state index >= 15 is 0 Å². The minimum atomic E-state index is -0.113. The van der Waals surface area contributed by atoms with E-state index < -0.39 is 0 Å². The monoisotopic (exact) mass is 233 g/mol. The maximum atomic E-state index is 9.37. The lowest BCUT2D eigenvalue weighted by Gasteiger charge is -2.31. The smallest absolute Gasteiger partial charge is 0.0610 e. The van der Waals surface area contributed by atoms with E-state index in [4.69, 9.17) is 0 Å². The second-order valence-electron chi connectivity index (χ2n) is 5.24. The Balaban J connectivity index is 3.77. The predicted octanol–water partition coefficient (Wildman–Crippen LogP) is 2.51. The largest absolute Gasteiger partial charge is 0.394 e. The molecule has 0 fully saturated rings. The molecule has 0 aromatic carbocycles. The van der Waals surface area contributed by atoms with E-state index in [0.717, 1.165) is 18.1 Å². The first-order valence-corrected chi connectivity index (χ1v) is 7.01. The maximum Gasteiger partial charge on any atom is 0.0610 e. The summed E-state index contributed by atoms with van der Waals surface area (Å²) in [6.07, 6.45) is 1.03. The number of nitrogens with one attached hydrogen (secondary N) is 1. The molecule has 3 heteroatoms. The van der Waals surface area contributed by atoms with Crippen LogP contribution in [-0.4, -0.2) is 34.8 Å². The molecule has 2 nitrogen and oxygen atoms in total. The molecule has 0 bridgehead atoms. The second-order valence-corrected chi connectivity index (χ2v) is 6.39. The van der Waals surface area contributed by atoms with Crippen molar-refractivity contribution in [3.63, 3.8) is 0 Å². The number of hydrogen-bond acceptors (Lipinski definition) is 3. The highest BCUT2D eigenvalue weighted by Crippen LogP contribution is 2.16. The fraction of sp³-hybridized carbons (Fsp3) is 1.00. The molecule has 15 heavy (non-hydrogen) atoms. The van der Waals surface area contributed by atoms with E-state index in [1.807, 2.05) is 11.8 Å².